The fraction of sp³-hybridized carbons (Fsp3) is 0.625. The molecule has 0 fully saturated rings. The van der Waals surface area contributed by atoms with Crippen LogP contribution in [0.4, 0.5) is 5.69 Å². The van der Waals surface area contributed by atoms with Crippen LogP contribution >= 0.6 is 0 Å². The van der Waals surface area contributed by atoms with Crippen molar-refractivity contribution in [3.05, 3.63) is 24.3 Å². The van der Waals surface area contributed by atoms with Crippen molar-refractivity contribution in [1.29, 1.82) is 0 Å². The van der Waals surface area contributed by atoms with Crippen LogP contribution in [-0.4, -0.2) is 31.0 Å². The van der Waals surface area contributed by atoms with Crippen molar-refractivity contribution in [1.82, 2.24) is 0 Å². The summed E-state index contributed by atoms with van der Waals surface area (Å²) >= 11 is 0. The molecule has 3 N–H and O–H groups in total. The highest BCUT2D eigenvalue weighted by Gasteiger charge is 2.05. The molecule has 4 nitrogen and oxygen atoms in total. The average Bonchev–Trinajstić information content (AvgIpc) is 2.44. The van der Waals surface area contributed by atoms with Gasteiger partial charge in [-0.25, -0.2) is 0 Å². The Bertz CT molecular complexity index is 357. The normalized spacial score (nSPS) is 12.3. The van der Waals surface area contributed by atoms with Gasteiger partial charge in [0.25, 0.3) is 0 Å². The third kappa shape index (κ3) is 8.02. The molecule has 0 bridgehead atoms. The maximum atomic E-state index is 9.74. The highest BCUT2D eigenvalue weighted by atomic mass is 16.5. The fourth-order valence-corrected chi connectivity index (χ4v) is 1.87. The van der Waals surface area contributed by atoms with E-state index >= 15 is 0 Å². The summed E-state index contributed by atoms with van der Waals surface area (Å²) in [6.07, 6.45) is 5.46. The van der Waals surface area contributed by atoms with Crippen LogP contribution in [0.2, 0.25) is 0 Å². The quantitative estimate of drug-likeness (QED) is 0.483. The molecule has 1 aromatic carbocycles. The Balaban J connectivity index is 2.01. The first-order chi connectivity index (χ1) is 9.72. The van der Waals surface area contributed by atoms with E-state index < -0.39 is 6.10 Å². The number of aliphatic hydroxyl groups excluding tert-OH is 1. The third-order valence-corrected chi connectivity index (χ3v) is 3.00. The number of hydrogen-bond acceptors (Lipinski definition) is 4. The molecule has 0 spiro atoms. The number of anilines is 1. The summed E-state index contributed by atoms with van der Waals surface area (Å²) < 4.78 is 10.9. The third-order valence-electron chi connectivity index (χ3n) is 3.00. The predicted molar refractivity (Wildman–Crippen MR) is 81.9 cm³/mol. The van der Waals surface area contributed by atoms with Crippen molar-refractivity contribution in [2.24, 2.45) is 0 Å². The van der Waals surface area contributed by atoms with Crippen molar-refractivity contribution in [3.63, 3.8) is 0 Å². The molecule has 0 amide bonds. The van der Waals surface area contributed by atoms with Gasteiger partial charge < -0.3 is 20.3 Å². The molecule has 0 aliphatic rings. The summed E-state index contributed by atoms with van der Waals surface area (Å²) in [7, 11) is 0. The number of ether oxygens (including phenoxy) is 2. The molecule has 1 unspecified atom stereocenters. The highest BCUT2D eigenvalue weighted by Crippen LogP contribution is 2.14. The van der Waals surface area contributed by atoms with Crippen molar-refractivity contribution in [2.75, 3.05) is 25.6 Å². The van der Waals surface area contributed by atoms with E-state index in [9.17, 15) is 5.11 Å². The van der Waals surface area contributed by atoms with Crippen LogP contribution in [0.25, 0.3) is 0 Å². The summed E-state index contributed by atoms with van der Waals surface area (Å²) in [6.45, 7) is 3.45. The molecule has 114 valence electrons. The predicted octanol–water partition coefficient (Wildman–Crippen LogP) is 3.00. The number of aliphatic hydroxyl groups is 1. The fourth-order valence-electron chi connectivity index (χ4n) is 1.87. The molecule has 1 atom stereocenters. The first kappa shape index (κ1) is 16.8. The second kappa shape index (κ2) is 10.5. The van der Waals surface area contributed by atoms with Gasteiger partial charge in [-0.1, -0.05) is 38.7 Å². The highest BCUT2D eigenvalue weighted by molar-refractivity contribution is 5.43. The number of unbranched alkanes of at least 4 members (excludes halogenated alkanes) is 4. The first-order valence-corrected chi connectivity index (χ1v) is 7.46. The van der Waals surface area contributed by atoms with E-state index in [0.29, 0.717) is 24.7 Å². The van der Waals surface area contributed by atoms with Gasteiger partial charge in [-0.2, -0.15) is 0 Å². The minimum absolute atomic E-state index is 0.222. The summed E-state index contributed by atoms with van der Waals surface area (Å²) in [6, 6.07) is 7.17. The van der Waals surface area contributed by atoms with Gasteiger partial charge in [0.2, 0.25) is 0 Å². The number of benzene rings is 1. The zero-order valence-electron chi connectivity index (χ0n) is 12.4. The molecule has 20 heavy (non-hydrogen) atoms. The van der Waals surface area contributed by atoms with Gasteiger partial charge in [0.05, 0.1) is 6.61 Å². The second-order valence-corrected chi connectivity index (χ2v) is 5.03. The van der Waals surface area contributed by atoms with Gasteiger partial charge in [0.15, 0.2) is 0 Å². The van der Waals surface area contributed by atoms with Crippen LogP contribution in [0, 0.1) is 0 Å². The van der Waals surface area contributed by atoms with E-state index in [1.807, 2.05) is 12.1 Å². The molecule has 1 rings (SSSR count). The lowest BCUT2D eigenvalue weighted by Gasteiger charge is -2.13. The summed E-state index contributed by atoms with van der Waals surface area (Å²) in [5, 5.41) is 9.74. The summed E-state index contributed by atoms with van der Waals surface area (Å²) in [4.78, 5) is 0. The van der Waals surface area contributed by atoms with E-state index in [1.54, 1.807) is 12.1 Å². The molecular weight excluding hydrogens is 254 g/mol. The molecule has 0 heterocycles. The Hall–Kier alpha value is -1.26. The number of nitrogens with two attached hydrogens (primary N) is 1. The monoisotopic (exact) mass is 281 g/mol. The Labute approximate surface area is 121 Å². The molecule has 0 saturated heterocycles. The first-order valence-electron chi connectivity index (χ1n) is 7.46. The summed E-state index contributed by atoms with van der Waals surface area (Å²) in [5.74, 6) is 0.670. The van der Waals surface area contributed by atoms with Crippen molar-refractivity contribution < 1.29 is 14.6 Å². The smallest absolute Gasteiger partial charge is 0.121 e. The van der Waals surface area contributed by atoms with E-state index in [4.69, 9.17) is 15.2 Å². The zero-order valence-corrected chi connectivity index (χ0v) is 12.4. The Morgan fingerprint density at radius 1 is 1.15 bits per heavy atom. The number of rotatable bonds is 11. The zero-order chi connectivity index (χ0) is 14.6. The molecular formula is C16H27NO3. The summed E-state index contributed by atoms with van der Waals surface area (Å²) in [5.41, 5.74) is 6.30. The molecule has 0 aliphatic carbocycles. The number of nitrogen functional groups attached to an aromatic ring is 1. The van der Waals surface area contributed by atoms with Crippen LogP contribution in [0.15, 0.2) is 24.3 Å². The molecule has 0 radical (unpaired) electrons. The van der Waals surface area contributed by atoms with Crippen LogP contribution in [0.3, 0.4) is 0 Å². The van der Waals surface area contributed by atoms with E-state index in [2.05, 4.69) is 6.92 Å². The maximum Gasteiger partial charge on any atom is 0.121 e. The lowest BCUT2D eigenvalue weighted by atomic mass is 10.2. The SMILES string of the molecule is CCCCCCCOCC(O)COc1cccc(N)c1. The van der Waals surface area contributed by atoms with Crippen LogP contribution < -0.4 is 10.5 Å². The molecule has 0 aromatic heterocycles. The van der Waals surface area contributed by atoms with Crippen molar-refractivity contribution in [3.8, 4) is 5.75 Å². The van der Waals surface area contributed by atoms with Crippen LogP contribution in [0.1, 0.15) is 39.0 Å². The van der Waals surface area contributed by atoms with Crippen LogP contribution in [-0.2, 0) is 4.74 Å². The lowest BCUT2D eigenvalue weighted by molar-refractivity contribution is 0.0110. The van der Waals surface area contributed by atoms with Gasteiger partial charge in [-0.05, 0) is 18.6 Å². The Morgan fingerprint density at radius 3 is 2.70 bits per heavy atom. The van der Waals surface area contributed by atoms with Gasteiger partial charge in [0, 0.05) is 18.4 Å². The molecule has 0 aliphatic heterocycles. The molecule has 0 saturated carbocycles. The standard InChI is InChI=1S/C16H27NO3/c1-2-3-4-5-6-10-19-12-15(18)13-20-16-9-7-8-14(17)11-16/h7-9,11,15,18H,2-6,10,12-13,17H2,1H3. The van der Waals surface area contributed by atoms with Gasteiger partial charge >= 0.3 is 0 Å². The molecule has 1 aromatic rings. The van der Waals surface area contributed by atoms with Crippen molar-refractivity contribution >= 4 is 5.69 Å². The number of hydrogen-bond donors (Lipinski definition) is 2. The maximum absolute atomic E-state index is 9.74. The topological polar surface area (TPSA) is 64.7 Å². The van der Waals surface area contributed by atoms with Crippen LogP contribution in [0.5, 0.6) is 5.75 Å². The lowest BCUT2D eigenvalue weighted by Crippen LogP contribution is -2.23. The Kier molecular flexibility index (Phi) is 8.83. The van der Waals surface area contributed by atoms with Crippen molar-refractivity contribution in [2.45, 2.75) is 45.1 Å². The van der Waals surface area contributed by atoms with E-state index in [-0.39, 0.29) is 6.61 Å². The van der Waals surface area contributed by atoms with Gasteiger partial charge in [-0.15, -0.1) is 0 Å². The largest absolute Gasteiger partial charge is 0.491 e. The van der Waals surface area contributed by atoms with Gasteiger partial charge in [-0.3, -0.25) is 0 Å². The Morgan fingerprint density at radius 2 is 1.95 bits per heavy atom. The minimum Gasteiger partial charge on any atom is -0.491 e. The minimum atomic E-state index is -0.605. The average molecular weight is 281 g/mol. The van der Waals surface area contributed by atoms with E-state index in [1.165, 1.54) is 25.7 Å². The van der Waals surface area contributed by atoms with Gasteiger partial charge in [0.1, 0.15) is 18.5 Å². The van der Waals surface area contributed by atoms with E-state index in [0.717, 1.165) is 6.42 Å². The second-order valence-electron chi connectivity index (χ2n) is 5.03. The molecule has 4 heteroatoms.